The number of carbonyl (C=O) groups excluding carboxylic acids is 1. The predicted molar refractivity (Wildman–Crippen MR) is 143 cm³/mol. The number of phenolic OH excluding ortho intramolecular Hbond substituents is 2. The molecule has 0 heterocycles. The third kappa shape index (κ3) is 6.84. The maximum atomic E-state index is 13.6. The van der Waals surface area contributed by atoms with Crippen molar-refractivity contribution in [3.05, 3.63) is 76.4 Å². The third-order valence-corrected chi connectivity index (χ3v) is 8.53. The average molecular weight is 566 g/mol. The first kappa shape index (κ1) is 30.3. The van der Waals surface area contributed by atoms with Crippen LogP contribution < -0.4 is 4.72 Å². The number of nitrogens with one attached hydrogen (secondary N) is 1. The van der Waals surface area contributed by atoms with Crippen LogP contribution in [0.1, 0.15) is 85.8 Å². The molecule has 0 saturated carbocycles. The highest BCUT2D eigenvalue weighted by Crippen LogP contribution is 2.49. The van der Waals surface area contributed by atoms with E-state index in [0.717, 1.165) is 42.5 Å². The van der Waals surface area contributed by atoms with Gasteiger partial charge in [0.2, 0.25) is 0 Å². The van der Waals surface area contributed by atoms with Gasteiger partial charge >= 0.3 is 6.18 Å². The van der Waals surface area contributed by atoms with Gasteiger partial charge in [0.25, 0.3) is 15.9 Å². The summed E-state index contributed by atoms with van der Waals surface area (Å²) in [4.78, 5) is 12.3. The van der Waals surface area contributed by atoms with Crippen LogP contribution in [0.15, 0.2) is 59.0 Å². The Hall–Kier alpha value is -3.27. The second-order valence-electron chi connectivity index (χ2n) is 10.1. The van der Waals surface area contributed by atoms with E-state index in [1.165, 1.54) is 6.07 Å². The van der Waals surface area contributed by atoms with Gasteiger partial charge in [-0.05, 0) is 81.3 Å². The molecule has 0 aromatic heterocycles. The summed E-state index contributed by atoms with van der Waals surface area (Å²) in [5, 5.41) is 22.4. The van der Waals surface area contributed by atoms with Crippen molar-refractivity contribution in [1.82, 2.24) is 4.72 Å². The number of alkyl halides is 3. The molecular weight excluding hydrogens is 531 g/mol. The SMILES string of the molecule is C=C(C)[C@@H]1CCC(C)=C[C@H]1c1c(O)cc(CCCCC)c(S(=O)(=O)NC(=O)c2ccc(C(F)(F)F)cc2)c1O. The highest BCUT2D eigenvalue weighted by atomic mass is 32.2. The summed E-state index contributed by atoms with van der Waals surface area (Å²) >= 11 is 0. The van der Waals surface area contributed by atoms with Gasteiger partial charge in [0.1, 0.15) is 16.4 Å². The molecule has 0 fully saturated rings. The van der Waals surface area contributed by atoms with Crippen LogP contribution in [-0.2, 0) is 22.6 Å². The van der Waals surface area contributed by atoms with E-state index in [1.807, 2.05) is 31.6 Å². The number of unbranched alkanes of at least 4 members (excludes halogenated alkanes) is 2. The van der Waals surface area contributed by atoms with E-state index in [0.29, 0.717) is 25.0 Å². The van der Waals surface area contributed by atoms with Gasteiger partial charge in [-0.15, -0.1) is 0 Å². The molecule has 0 radical (unpaired) electrons. The fraction of sp³-hybridized carbons (Fsp3) is 0.414. The lowest BCUT2D eigenvalue weighted by Crippen LogP contribution is -2.31. The van der Waals surface area contributed by atoms with Gasteiger partial charge in [0.15, 0.2) is 0 Å². The zero-order valence-electron chi connectivity index (χ0n) is 22.2. The van der Waals surface area contributed by atoms with Crippen LogP contribution >= 0.6 is 0 Å². The minimum Gasteiger partial charge on any atom is -0.507 e. The zero-order valence-corrected chi connectivity index (χ0v) is 23.0. The minimum absolute atomic E-state index is 0.0312. The first-order chi connectivity index (χ1) is 18.2. The highest BCUT2D eigenvalue weighted by Gasteiger charge is 2.36. The topological polar surface area (TPSA) is 104 Å². The van der Waals surface area contributed by atoms with Gasteiger partial charge in [-0.25, -0.2) is 13.1 Å². The molecule has 3 rings (SSSR count). The Balaban J connectivity index is 2.11. The van der Waals surface area contributed by atoms with Crippen LogP contribution in [0.2, 0.25) is 0 Å². The Morgan fingerprint density at radius 2 is 1.79 bits per heavy atom. The molecule has 0 bridgehead atoms. The predicted octanol–water partition coefficient (Wildman–Crippen LogP) is 6.98. The van der Waals surface area contributed by atoms with E-state index in [-0.39, 0.29) is 34.8 Å². The van der Waals surface area contributed by atoms with Crippen molar-refractivity contribution in [2.24, 2.45) is 5.92 Å². The number of carbonyl (C=O) groups is 1. The smallest absolute Gasteiger partial charge is 0.416 e. The number of aromatic hydroxyl groups is 2. The van der Waals surface area contributed by atoms with Crippen LogP contribution in [0.4, 0.5) is 13.2 Å². The van der Waals surface area contributed by atoms with Crippen molar-refractivity contribution >= 4 is 15.9 Å². The fourth-order valence-electron chi connectivity index (χ4n) is 5.03. The van der Waals surface area contributed by atoms with Gasteiger partial charge < -0.3 is 10.2 Å². The van der Waals surface area contributed by atoms with Gasteiger partial charge in [-0.2, -0.15) is 13.2 Å². The molecule has 1 amide bonds. The summed E-state index contributed by atoms with van der Waals surface area (Å²) in [6, 6.07) is 4.44. The van der Waals surface area contributed by atoms with Crippen molar-refractivity contribution in [3.8, 4) is 11.5 Å². The van der Waals surface area contributed by atoms with Gasteiger partial charge in [-0.3, -0.25) is 4.79 Å². The van der Waals surface area contributed by atoms with E-state index >= 15 is 0 Å². The molecule has 2 aromatic rings. The molecule has 0 saturated heterocycles. The van der Waals surface area contributed by atoms with E-state index in [9.17, 15) is 36.6 Å². The highest BCUT2D eigenvalue weighted by molar-refractivity contribution is 7.90. The van der Waals surface area contributed by atoms with Gasteiger partial charge in [0.05, 0.1) is 5.56 Å². The molecule has 0 unspecified atom stereocenters. The zero-order chi connectivity index (χ0) is 29.1. The summed E-state index contributed by atoms with van der Waals surface area (Å²) in [5.41, 5.74) is 0.717. The number of aryl methyl sites for hydroxylation is 1. The third-order valence-electron chi connectivity index (χ3n) is 7.08. The Labute approximate surface area is 227 Å². The lowest BCUT2D eigenvalue weighted by Gasteiger charge is -2.32. The standard InChI is InChI=1S/C29H34F3NO5S/c1-5-6-7-8-20-16-24(34)25(23-15-18(4)9-14-22(23)17(2)3)26(35)27(20)39(37,38)33-28(36)19-10-12-21(13-11-19)29(30,31)32/h10-13,15-16,22-23,34-35H,2,5-9,14H2,1,3-4H3,(H,33,36)/t22-,23+/m0/s1. The lowest BCUT2D eigenvalue weighted by molar-refractivity contribution is -0.137. The molecule has 212 valence electrons. The van der Waals surface area contributed by atoms with E-state index in [1.54, 1.807) is 0 Å². The number of amides is 1. The molecule has 10 heteroatoms. The Morgan fingerprint density at radius 1 is 1.15 bits per heavy atom. The van der Waals surface area contributed by atoms with Crippen molar-refractivity contribution < 1.29 is 36.6 Å². The number of allylic oxidation sites excluding steroid dienone is 3. The van der Waals surface area contributed by atoms with Gasteiger partial charge in [-0.1, -0.05) is 43.6 Å². The van der Waals surface area contributed by atoms with E-state index in [4.69, 9.17) is 0 Å². The molecule has 2 atom stereocenters. The fourth-order valence-corrected chi connectivity index (χ4v) is 6.37. The van der Waals surface area contributed by atoms with E-state index < -0.39 is 44.2 Å². The number of hydrogen-bond acceptors (Lipinski definition) is 5. The second-order valence-corrected chi connectivity index (χ2v) is 11.8. The molecular formula is C29H34F3NO5S. The van der Waals surface area contributed by atoms with Crippen molar-refractivity contribution in [1.29, 1.82) is 0 Å². The number of sulfonamides is 1. The van der Waals surface area contributed by atoms with Crippen LogP contribution in [0, 0.1) is 5.92 Å². The largest absolute Gasteiger partial charge is 0.507 e. The summed E-state index contributed by atoms with van der Waals surface area (Å²) < 4.78 is 67.7. The molecule has 39 heavy (non-hydrogen) atoms. The van der Waals surface area contributed by atoms with Crippen LogP contribution in [0.25, 0.3) is 0 Å². The monoisotopic (exact) mass is 565 g/mol. The maximum absolute atomic E-state index is 13.6. The van der Waals surface area contributed by atoms with Crippen LogP contribution in [0.5, 0.6) is 11.5 Å². The molecule has 6 nitrogen and oxygen atoms in total. The Bertz CT molecular complexity index is 1380. The number of benzene rings is 2. The second kappa shape index (κ2) is 11.9. The summed E-state index contributed by atoms with van der Waals surface area (Å²) in [5.74, 6) is -2.76. The van der Waals surface area contributed by atoms with Crippen LogP contribution in [0.3, 0.4) is 0 Å². The normalized spacial score (nSPS) is 17.9. The quantitative estimate of drug-likeness (QED) is 0.225. The number of halogens is 3. The molecule has 0 spiro atoms. The molecule has 1 aliphatic rings. The number of rotatable bonds is 9. The average Bonchev–Trinajstić information content (AvgIpc) is 2.83. The number of hydrogen-bond donors (Lipinski definition) is 3. The molecule has 3 N–H and O–H groups in total. The summed E-state index contributed by atoms with van der Waals surface area (Å²) in [7, 11) is -4.70. The molecule has 0 aliphatic heterocycles. The van der Waals surface area contributed by atoms with Crippen molar-refractivity contribution in [2.75, 3.05) is 0 Å². The minimum atomic E-state index is -4.70. The lowest BCUT2D eigenvalue weighted by atomic mass is 9.73. The first-order valence-electron chi connectivity index (χ1n) is 12.8. The van der Waals surface area contributed by atoms with Gasteiger partial charge in [0, 0.05) is 17.0 Å². The summed E-state index contributed by atoms with van der Waals surface area (Å²) in [6.45, 7) is 9.75. The molecule has 1 aliphatic carbocycles. The van der Waals surface area contributed by atoms with E-state index in [2.05, 4.69) is 6.58 Å². The van der Waals surface area contributed by atoms with Crippen molar-refractivity contribution in [3.63, 3.8) is 0 Å². The maximum Gasteiger partial charge on any atom is 0.416 e. The first-order valence-corrected chi connectivity index (χ1v) is 14.3. The summed E-state index contributed by atoms with van der Waals surface area (Å²) in [6.07, 6.45) is 1.15. The number of phenols is 2. The van der Waals surface area contributed by atoms with Crippen molar-refractivity contribution in [2.45, 2.75) is 76.3 Å². The Morgan fingerprint density at radius 3 is 2.36 bits per heavy atom. The Kier molecular flexibility index (Phi) is 9.20. The van der Waals surface area contributed by atoms with Crippen LogP contribution in [-0.4, -0.2) is 24.5 Å². The molecule has 2 aromatic carbocycles.